The number of nitrogens with one attached hydrogen (secondary N) is 1. The highest BCUT2D eigenvalue weighted by atomic mass is 79.9. The Balaban J connectivity index is 2.69. The fourth-order valence-corrected chi connectivity index (χ4v) is 2.18. The molecule has 1 aromatic carbocycles. The van der Waals surface area contributed by atoms with E-state index in [1.54, 1.807) is 14.2 Å². The summed E-state index contributed by atoms with van der Waals surface area (Å²) in [6.45, 7) is 5.66. The van der Waals surface area contributed by atoms with E-state index in [1.165, 1.54) is 0 Å². The van der Waals surface area contributed by atoms with E-state index in [0.29, 0.717) is 29.9 Å². The third-order valence-electron chi connectivity index (χ3n) is 3.00. The van der Waals surface area contributed by atoms with Crippen molar-refractivity contribution in [3.8, 4) is 11.5 Å². The molecule has 0 aliphatic rings. The van der Waals surface area contributed by atoms with E-state index in [9.17, 15) is 0 Å². The number of methoxy groups -OCH3 is 2. The summed E-state index contributed by atoms with van der Waals surface area (Å²) in [5.74, 6) is 2.46. The van der Waals surface area contributed by atoms with Crippen molar-refractivity contribution in [1.82, 2.24) is 5.32 Å². The summed E-state index contributed by atoms with van der Waals surface area (Å²) in [4.78, 5) is 4.34. The molecule has 0 saturated heterocycles. The lowest BCUT2D eigenvalue weighted by molar-refractivity contribution is 0.354. The van der Waals surface area contributed by atoms with Gasteiger partial charge in [0.2, 0.25) is 0 Å². The van der Waals surface area contributed by atoms with E-state index < -0.39 is 0 Å². The maximum Gasteiger partial charge on any atom is 0.188 e. The molecule has 21 heavy (non-hydrogen) atoms. The number of guanidine groups is 1. The predicted octanol–water partition coefficient (Wildman–Crippen LogP) is 2.92. The zero-order valence-electron chi connectivity index (χ0n) is 13.1. The zero-order valence-corrected chi connectivity index (χ0v) is 14.7. The van der Waals surface area contributed by atoms with Gasteiger partial charge in [-0.25, -0.2) is 4.99 Å². The van der Waals surface area contributed by atoms with Gasteiger partial charge in [-0.2, -0.15) is 0 Å². The average molecular weight is 358 g/mol. The van der Waals surface area contributed by atoms with Crippen LogP contribution in [0.3, 0.4) is 0 Å². The van der Waals surface area contributed by atoms with Crippen LogP contribution in [0.2, 0.25) is 0 Å². The lowest BCUT2D eigenvalue weighted by Crippen LogP contribution is -2.32. The van der Waals surface area contributed by atoms with Gasteiger partial charge in [-0.1, -0.05) is 29.8 Å². The molecule has 0 bridgehead atoms. The fourth-order valence-electron chi connectivity index (χ4n) is 1.73. The standard InChI is InChI=1S/C15H24BrN3O2/c1-10(2)5-6-18-15(17)19-9-11-7-13(20-3)14(21-4)8-12(11)16/h7-8,10H,5-6,9H2,1-4H3,(H3,17,18,19). The molecule has 0 heterocycles. The first-order valence-electron chi connectivity index (χ1n) is 6.92. The van der Waals surface area contributed by atoms with Gasteiger partial charge >= 0.3 is 0 Å². The van der Waals surface area contributed by atoms with Crippen LogP contribution in [0.4, 0.5) is 0 Å². The Morgan fingerprint density at radius 2 is 1.90 bits per heavy atom. The Morgan fingerprint density at radius 1 is 1.29 bits per heavy atom. The van der Waals surface area contributed by atoms with Gasteiger partial charge in [0.1, 0.15) is 0 Å². The first kappa shape index (κ1) is 17.6. The monoisotopic (exact) mass is 357 g/mol. The summed E-state index contributed by atoms with van der Waals surface area (Å²) < 4.78 is 11.4. The molecule has 118 valence electrons. The van der Waals surface area contributed by atoms with Crippen LogP contribution in [-0.2, 0) is 6.54 Å². The second-order valence-corrected chi connectivity index (χ2v) is 5.96. The number of halogens is 1. The molecule has 6 heteroatoms. The van der Waals surface area contributed by atoms with E-state index in [-0.39, 0.29) is 0 Å². The predicted molar refractivity (Wildman–Crippen MR) is 90.0 cm³/mol. The zero-order chi connectivity index (χ0) is 15.8. The van der Waals surface area contributed by atoms with Crippen LogP contribution in [0.1, 0.15) is 25.8 Å². The lowest BCUT2D eigenvalue weighted by Gasteiger charge is -2.11. The summed E-state index contributed by atoms with van der Waals surface area (Å²) in [6.07, 6.45) is 1.07. The molecule has 0 saturated carbocycles. The normalized spacial score (nSPS) is 11.6. The Bertz CT molecular complexity index is 490. The number of nitrogens with two attached hydrogens (primary N) is 1. The number of benzene rings is 1. The number of ether oxygens (including phenoxy) is 2. The number of hydrogen-bond acceptors (Lipinski definition) is 3. The molecule has 0 aliphatic heterocycles. The van der Waals surface area contributed by atoms with Gasteiger partial charge in [-0.3, -0.25) is 0 Å². The van der Waals surface area contributed by atoms with Crippen molar-refractivity contribution in [2.75, 3.05) is 20.8 Å². The second-order valence-electron chi connectivity index (χ2n) is 5.11. The van der Waals surface area contributed by atoms with E-state index in [0.717, 1.165) is 23.0 Å². The number of rotatable bonds is 7. The quantitative estimate of drug-likeness (QED) is 0.581. The minimum absolute atomic E-state index is 0.456. The van der Waals surface area contributed by atoms with Crippen molar-refractivity contribution in [3.05, 3.63) is 22.2 Å². The van der Waals surface area contributed by atoms with E-state index in [2.05, 4.69) is 40.1 Å². The van der Waals surface area contributed by atoms with Gasteiger partial charge in [0, 0.05) is 11.0 Å². The molecule has 1 aromatic rings. The first-order valence-corrected chi connectivity index (χ1v) is 7.71. The van der Waals surface area contributed by atoms with E-state index >= 15 is 0 Å². The molecule has 0 spiro atoms. The summed E-state index contributed by atoms with van der Waals surface area (Å²) in [6, 6.07) is 3.76. The minimum atomic E-state index is 0.456. The second kappa shape index (κ2) is 8.77. The molecular formula is C15H24BrN3O2. The molecule has 0 aliphatic carbocycles. The van der Waals surface area contributed by atoms with E-state index in [1.807, 2.05) is 12.1 Å². The summed E-state index contributed by atoms with van der Waals surface area (Å²) in [7, 11) is 3.22. The summed E-state index contributed by atoms with van der Waals surface area (Å²) in [5.41, 5.74) is 6.84. The van der Waals surface area contributed by atoms with Gasteiger partial charge in [0.05, 0.1) is 20.8 Å². The van der Waals surface area contributed by atoms with Crippen molar-refractivity contribution in [2.45, 2.75) is 26.8 Å². The number of aliphatic imine (C=N–C) groups is 1. The molecule has 0 aromatic heterocycles. The van der Waals surface area contributed by atoms with E-state index in [4.69, 9.17) is 15.2 Å². The summed E-state index contributed by atoms with van der Waals surface area (Å²) in [5, 5.41) is 3.11. The Labute approximate surface area is 135 Å². The van der Waals surface area contributed by atoms with Gasteiger partial charge in [0.15, 0.2) is 17.5 Å². The maximum atomic E-state index is 5.85. The minimum Gasteiger partial charge on any atom is -0.493 e. The van der Waals surface area contributed by atoms with Gasteiger partial charge < -0.3 is 20.5 Å². The van der Waals surface area contributed by atoms with Gasteiger partial charge in [0.25, 0.3) is 0 Å². The van der Waals surface area contributed by atoms with Gasteiger partial charge in [-0.05, 0) is 30.0 Å². The largest absolute Gasteiger partial charge is 0.493 e. The highest BCUT2D eigenvalue weighted by molar-refractivity contribution is 9.10. The molecule has 1 rings (SSSR count). The van der Waals surface area contributed by atoms with Crippen molar-refractivity contribution in [2.24, 2.45) is 16.6 Å². The molecule has 0 fully saturated rings. The smallest absolute Gasteiger partial charge is 0.188 e. The Hall–Kier alpha value is -1.43. The number of hydrogen-bond donors (Lipinski definition) is 2. The van der Waals surface area contributed by atoms with Crippen LogP contribution in [0.15, 0.2) is 21.6 Å². The molecule has 3 N–H and O–H groups in total. The molecular weight excluding hydrogens is 334 g/mol. The molecule has 0 unspecified atom stereocenters. The van der Waals surface area contributed by atoms with Crippen LogP contribution in [0.25, 0.3) is 0 Å². The molecule has 0 radical (unpaired) electrons. The van der Waals surface area contributed by atoms with Crippen LogP contribution < -0.4 is 20.5 Å². The van der Waals surface area contributed by atoms with Crippen LogP contribution >= 0.6 is 15.9 Å². The molecule has 5 nitrogen and oxygen atoms in total. The van der Waals surface area contributed by atoms with Crippen LogP contribution in [-0.4, -0.2) is 26.7 Å². The topological polar surface area (TPSA) is 68.9 Å². The third-order valence-corrected chi connectivity index (χ3v) is 3.74. The van der Waals surface area contributed by atoms with Crippen LogP contribution in [0.5, 0.6) is 11.5 Å². The lowest BCUT2D eigenvalue weighted by atomic mass is 10.1. The third kappa shape index (κ3) is 5.83. The number of nitrogens with zero attached hydrogens (tertiary/aromatic N) is 1. The SMILES string of the molecule is COc1cc(Br)c(CN=C(N)NCCC(C)C)cc1OC. The van der Waals surface area contributed by atoms with Gasteiger partial charge in [-0.15, -0.1) is 0 Å². The Morgan fingerprint density at radius 3 is 2.48 bits per heavy atom. The van der Waals surface area contributed by atoms with Crippen LogP contribution in [0, 0.1) is 5.92 Å². The van der Waals surface area contributed by atoms with Crippen molar-refractivity contribution >= 4 is 21.9 Å². The van der Waals surface area contributed by atoms with Crippen molar-refractivity contribution < 1.29 is 9.47 Å². The summed E-state index contributed by atoms with van der Waals surface area (Å²) >= 11 is 3.51. The van der Waals surface area contributed by atoms with Crippen molar-refractivity contribution in [1.29, 1.82) is 0 Å². The maximum absolute atomic E-state index is 5.85. The average Bonchev–Trinajstić information content (AvgIpc) is 2.45. The highest BCUT2D eigenvalue weighted by Gasteiger charge is 2.09. The fraction of sp³-hybridized carbons (Fsp3) is 0.533. The molecule has 0 amide bonds. The van der Waals surface area contributed by atoms with Crippen molar-refractivity contribution in [3.63, 3.8) is 0 Å². The highest BCUT2D eigenvalue weighted by Crippen LogP contribution is 2.33. The Kier molecular flexibility index (Phi) is 7.36. The first-order chi connectivity index (χ1) is 9.97. The molecule has 0 atom stereocenters.